The lowest BCUT2D eigenvalue weighted by Gasteiger charge is -2.02. The topological polar surface area (TPSA) is 42.9 Å². The first-order valence-corrected chi connectivity index (χ1v) is 5.28. The van der Waals surface area contributed by atoms with Crippen LogP contribution in [-0.2, 0) is 6.42 Å². The van der Waals surface area contributed by atoms with E-state index in [-0.39, 0.29) is 17.9 Å². The molecular weight excluding hydrogens is 243 g/mol. The third-order valence-electron chi connectivity index (χ3n) is 2.23. The Morgan fingerprint density at radius 2 is 2.18 bits per heavy atom. The minimum atomic E-state index is -0.486. The van der Waals surface area contributed by atoms with E-state index in [0.29, 0.717) is 10.6 Å². The van der Waals surface area contributed by atoms with Gasteiger partial charge in [-0.25, -0.2) is 14.4 Å². The molecule has 0 bridgehead atoms. The van der Waals surface area contributed by atoms with Gasteiger partial charge in [-0.3, -0.25) is 4.79 Å². The van der Waals surface area contributed by atoms with Crippen LogP contribution in [0.2, 0.25) is 5.02 Å². The summed E-state index contributed by atoms with van der Waals surface area (Å²) in [6.07, 6.45) is 2.71. The molecule has 1 aromatic heterocycles. The van der Waals surface area contributed by atoms with Gasteiger partial charge in [0.25, 0.3) is 0 Å². The van der Waals surface area contributed by atoms with Crippen LogP contribution in [0.5, 0.6) is 0 Å². The normalized spacial score (nSPS) is 10.2. The number of hydrogen-bond acceptors (Lipinski definition) is 3. The molecule has 0 saturated heterocycles. The van der Waals surface area contributed by atoms with E-state index in [9.17, 15) is 9.18 Å². The molecule has 0 radical (unpaired) electrons. The minimum Gasteiger partial charge on any atom is -0.292 e. The van der Waals surface area contributed by atoms with Crippen molar-refractivity contribution in [3.63, 3.8) is 0 Å². The van der Waals surface area contributed by atoms with E-state index < -0.39 is 5.82 Å². The fourth-order valence-electron chi connectivity index (χ4n) is 1.38. The largest absolute Gasteiger partial charge is 0.292 e. The molecule has 0 aliphatic rings. The van der Waals surface area contributed by atoms with E-state index >= 15 is 0 Å². The molecule has 0 fully saturated rings. The van der Waals surface area contributed by atoms with Gasteiger partial charge in [0.2, 0.25) is 0 Å². The van der Waals surface area contributed by atoms with Crippen LogP contribution in [-0.4, -0.2) is 15.8 Å². The van der Waals surface area contributed by atoms with Crippen LogP contribution in [0.4, 0.5) is 4.39 Å². The van der Waals surface area contributed by atoms with E-state index in [2.05, 4.69) is 9.97 Å². The molecule has 2 rings (SSSR count). The van der Waals surface area contributed by atoms with E-state index in [1.807, 2.05) is 0 Å². The fourth-order valence-corrected chi connectivity index (χ4v) is 1.54. The Labute approximate surface area is 102 Å². The summed E-state index contributed by atoms with van der Waals surface area (Å²) in [6, 6.07) is 5.73. The maximum Gasteiger partial charge on any atom is 0.185 e. The second-order valence-electron chi connectivity index (χ2n) is 3.43. The highest BCUT2D eigenvalue weighted by Gasteiger charge is 2.11. The Kier molecular flexibility index (Phi) is 3.44. The van der Waals surface area contributed by atoms with Crippen molar-refractivity contribution >= 4 is 17.4 Å². The quantitative estimate of drug-likeness (QED) is 0.787. The van der Waals surface area contributed by atoms with Gasteiger partial charge in [-0.1, -0.05) is 17.7 Å². The summed E-state index contributed by atoms with van der Waals surface area (Å²) in [5.74, 6) is -0.742. The number of nitrogens with zero attached hydrogens (tertiary/aromatic N) is 2. The van der Waals surface area contributed by atoms with Crippen LogP contribution in [0.25, 0.3) is 0 Å². The molecule has 0 spiro atoms. The number of aromatic nitrogens is 2. The van der Waals surface area contributed by atoms with Crippen LogP contribution in [0.15, 0.2) is 36.8 Å². The van der Waals surface area contributed by atoms with Crippen molar-refractivity contribution in [2.45, 2.75) is 6.42 Å². The Hall–Kier alpha value is -1.81. The van der Waals surface area contributed by atoms with E-state index in [0.717, 1.165) is 0 Å². The van der Waals surface area contributed by atoms with Gasteiger partial charge in [0.1, 0.15) is 17.8 Å². The molecule has 2 aromatic rings. The Bertz CT molecular complexity index is 545. The second-order valence-corrected chi connectivity index (χ2v) is 3.87. The molecule has 5 heteroatoms. The van der Waals surface area contributed by atoms with Crippen LogP contribution >= 0.6 is 11.6 Å². The summed E-state index contributed by atoms with van der Waals surface area (Å²) < 4.78 is 13.5. The van der Waals surface area contributed by atoms with Gasteiger partial charge in [-0.2, -0.15) is 0 Å². The highest BCUT2D eigenvalue weighted by atomic mass is 35.5. The average Bonchev–Trinajstić information content (AvgIpc) is 2.34. The van der Waals surface area contributed by atoms with Gasteiger partial charge in [0.05, 0.1) is 0 Å². The fraction of sp³-hybridized carbons (Fsp3) is 0.0833. The first kappa shape index (κ1) is 11.7. The SMILES string of the molecule is O=C(Cc1ccc(Cl)cc1F)c1ccncn1. The van der Waals surface area contributed by atoms with Gasteiger partial charge in [0, 0.05) is 17.6 Å². The third kappa shape index (κ3) is 2.85. The van der Waals surface area contributed by atoms with Crippen molar-refractivity contribution in [3.8, 4) is 0 Å². The molecule has 86 valence electrons. The minimum absolute atomic E-state index is 0.0417. The first-order valence-electron chi connectivity index (χ1n) is 4.90. The molecule has 1 aromatic carbocycles. The number of halogens is 2. The van der Waals surface area contributed by atoms with Crippen molar-refractivity contribution in [1.82, 2.24) is 9.97 Å². The molecule has 0 aliphatic heterocycles. The van der Waals surface area contributed by atoms with Gasteiger partial charge >= 0.3 is 0 Å². The van der Waals surface area contributed by atoms with Crippen LogP contribution in [0, 0.1) is 5.82 Å². The number of ketones is 1. The maximum absolute atomic E-state index is 13.5. The number of hydrogen-bond donors (Lipinski definition) is 0. The van der Waals surface area contributed by atoms with Crippen molar-refractivity contribution in [2.24, 2.45) is 0 Å². The van der Waals surface area contributed by atoms with E-state index in [1.54, 1.807) is 6.07 Å². The smallest absolute Gasteiger partial charge is 0.185 e. The average molecular weight is 251 g/mol. The lowest BCUT2D eigenvalue weighted by atomic mass is 10.1. The van der Waals surface area contributed by atoms with E-state index in [4.69, 9.17) is 11.6 Å². The lowest BCUT2D eigenvalue weighted by Crippen LogP contribution is -2.07. The van der Waals surface area contributed by atoms with Crippen molar-refractivity contribution < 1.29 is 9.18 Å². The standard InChI is InChI=1S/C12H8ClFN2O/c13-9-2-1-8(10(14)6-9)5-12(17)11-3-4-15-7-16-11/h1-4,6-7H,5H2. The number of carbonyl (C=O) groups is 1. The van der Waals surface area contributed by atoms with Crippen LogP contribution in [0.3, 0.4) is 0 Å². The van der Waals surface area contributed by atoms with Gasteiger partial charge in [-0.05, 0) is 23.8 Å². The Morgan fingerprint density at radius 1 is 1.35 bits per heavy atom. The first-order chi connectivity index (χ1) is 8.16. The molecular formula is C12H8ClFN2O. The predicted molar refractivity (Wildman–Crippen MR) is 61.5 cm³/mol. The molecule has 3 nitrogen and oxygen atoms in total. The van der Waals surface area contributed by atoms with Gasteiger partial charge in [0.15, 0.2) is 5.78 Å². The predicted octanol–water partition coefficient (Wildman–Crippen LogP) is 2.69. The maximum atomic E-state index is 13.5. The van der Waals surface area contributed by atoms with Gasteiger partial charge < -0.3 is 0 Å². The summed E-state index contributed by atoms with van der Waals surface area (Å²) in [5.41, 5.74) is 0.576. The summed E-state index contributed by atoms with van der Waals surface area (Å²) in [4.78, 5) is 19.3. The molecule has 0 unspecified atom stereocenters. The number of benzene rings is 1. The molecule has 0 amide bonds. The monoisotopic (exact) mass is 250 g/mol. The van der Waals surface area contributed by atoms with Crippen LogP contribution < -0.4 is 0 Å². The summed E-state index contributed by atoms with van der Waals surface area (Å²) in [6.45, 7) is 0. The Morgan fingerprint density at radius 3 is 2.82 bits per heavy atom. The molecule has 0 aliphatic carbocycles. The van der Waals surface area contributed by atoms with E-state index in [1.165, 1.54) is 30.7 Å². The Balaban J connectivity index is 2.19. The zero-order valence-electron chi connectivity index (χ0n) is 8.73. The summed E-state index contributed by atoms with van der Waals surface area (Å²) in [5, 5.41) is 0.306. The number of Topliss-reactive ketones (excluding diaryl/α,β-unsaturated/α-hetero) is 1. The molecule has 0 N–H and O–H groups in total. The third-order valence-corrected chi connectivity index (χ3v) is 2.47. The zero-order chi connectivity index (χ0) is 12.3. The highest BCUT2D eigenvalue weighted by Crippen LogP contribution is 2.16. The second kappa shape index (κ2) is 5.01. The molecule has 17 heavy (non-hydrogen) atoms. The number of rotatable bonds is 3. The van der Waals surface area contributed by atoms with Crippen molar-refractivity contribution in [1.29, 1.82) is 0 Å². The van der Waals surface area contributed by atoms with Crippen LogP contribution in [0.1, 0.15) is 16.1 Å². The van der Waals surface area contributed by atoms with Crippen molar-refractivity contribution in [2.75, 3.05) is 0 Å². The molecule has 1 heterocycles. The summed E-state index contributed by atoms with van der Waals surface area (Å²) >= 11 is 5.62. The van der Waals surface area contributed by atoms with Gasteiger partial charge in [-0.15, -0.1) is 0 Å². The van der Waals surface area contributed by atoms with Crippen molar-refractivity contribution in [3.05, 3.63) is 58.9 Å². The lowest BCUT2D eigenvalue weighted by molar-refractivity contribution is 0.0987. The summed E-state index contributed by atoms with van der Waals surface area (Å²) in [7, 11) is 0. The molecule has 0 atom stereocenters. The zero-order valence-corrected chi connectivity index (χ0v) is 9.49. The molecule has 0 saturated carbocycles. The number of carbonyl (C=O) groups excluding carboxylic acids is 1. The highest BCUT2D eigenvalue weighted by molar-refractivity contribution is 6.30.